The summed E-state index contributed by atoms with van der Waals surface area (Å²) in [5.41, 5.74) is 11.0. The second-order valence-electron chi connectivity index (χ2n) is 5.82. The Bertz CT molecular complexity index is 825. The number of anilines is 2. The molecule has 0 aliphatic heterocycles. The second-order valence-corrected chi connectivity index (χ2v) is 5.82. The van der Waals surface area contributed by atoms with Crippen molar-refractivity contribution < 1.29 is 0 Å². The third-order valence-corrected chi connectivity index (χ3v) is 3.91. The van der Waals surface area contributed by atoms with Crippen LogP contribution in [0.2, 0.25) is 0 Å². The van der Waals surface area contributed by atoms with E-state index in [1.54, 1.807) is 0 Å². The number of aryl methyl sites for hydroxylation is 1. The minimum atomic E-state index is 0.481. The van der Waals surface area contributed by atoms with Gasteiger partial charge in [0, 0.05) is 25.3 Å². The quantitative estimate of drug-likeness (QED) is 0.801. The van der Waals surface area contributed by atoms with E-state index in [4.69, 9.17) is 10.7 Å². The van der Waals surface area contributed by atoms with Crippen LogP contribution < -0.4 is 10.6 Å². The van der Waals surface area contributed by atoms with Crippen molar-refractivity contribution in [1.29, 1.82) is 0 Å². The lowest BCUT2D eigenvalue weighted by Crippen LogP contribution is -2.08. The highest BCUT2D eigenvalue weighted by atomic mass is 15.1. The van der Waals surface area contributed by atoms with Crippen LogP contribution in [-0.2, 0) is 6.42 Å². The number of nitrogen functional groups attached to an aromatic ring is 1. The Morgan fingerprint density at radius 1 is 1.09 bits per heavy atom. The lowest BCUT2D eigenvalue weighted by molar-refractivity contribution is 0.919. The first-order valence-electron chi connectivity index (χ1n) is 7.78. The van der Waals surface area contributed by atoms with Crippen LogP contribution in [0.25, 0.3) is 22.3 Å². The molecule has 23 heavy (non-hydrogen) atoms. The number of rotatable bonds is 4. The molecule has 3 aromatic rings. The van der Waals surface area contributed by atoms with E-state index in [0.717, 1.165) is 35.2 Å². The molecule has 0 bridgehead atoms. The first-order valence-corrected chi connectivity index (χ1v) is 7.78. The van der Waals surface area contributed by atoms with Gasteiger partial charge in [-0.2, -0.15) is 0 Å². The van der Waals surface area contributed by atoms with Gasteiger partial charge in [0.25, 0.3) is 0 Å². The number of fused-ring (bicyclic) bond motifs is 1. The molecule has 2 N–H and O–H groups in total. The Kier molecular flexibility index (Phi) is 4.10. The summed E-state index contributed by atoms with van der Waals surface area (Å²) in [7, 11) is 4.07. The third-order valence-electron chi connectivity index (χ3n) is 3.91. The summed E-state index contributed by atoms with van der Waals surface area (Å²) in [5.74, 6) is 0.481. The number of pyridine rings is 1. The fourth-order valence-corrected chi connectivity index (χ4v) is 2.67. The van der Waals surface area contributed by atoms with Crippen LogP contribution in [0.3, 0.4) is 0 Å². The molecule has 0 amide bonds. The van der Waals surface area contributed by atoms with Crippen LogP contribution in [0.15, 0.2) is 36.7 Å². The molecule has 0 spiro atoms. The van der Waals surface area contributed by atoms with E-state index in [1.807, 2.05) is 14.1 Å². The summed E-state index contributed by atoms with van der Waals surface area (Å²) in [6.45, 7) is 2.16. The van der Waals surface area contributed by atoms with Crippen molar-refractivity contribution in [2.45, 2.75) is 19.8 Å². The van der Waals surface area contributed by atoms with Gasteiger partial charge in [0.2, 0.25) is 0 Å². The van der Waals surface area contributed by atoms with Crippen molar-refractivity contribution in [3.8, 4) is 11.3 Å². The van der Waals surface area contributed by atoms with Crippen molar-refractivity contribution in [1.82, 2.24) is 15.0 Å². The Hall–Kier alpha value is -2.69. The number of nitrogens with two attached hydrogens (primary N) is 1. The molecule has 3 rings (SSSR count). The molecule has 5 heteroatoms. The van der Waals surface area contributed by atoms with E-state index >= 15 is 0 Å². The van der Waals surface area contributed by atoms with Crippen LogP contribution in [0.1, 0.15) is 18.9 Å². The Morgan fingerprint density at radius 2 is 1.83 bits per heavy atom. The van der Waals surface area contributed by atoms with Crippen LogP contribution in [0, 0.1) is 0 Å². The fourth-order valence-electron chi connectivity index (χ4n) is 2.67. The molecule has 0 fully saturated rings. The van der Waals surface area contributed by atoms with E-state index in [9.17, 15) is 0 Å². The summed E-state index contributed by atoms with van der Waals surface area (Å²) in [6.07, 6.45) is 3.45. The zero-order valence-electron chi connectivity index (χ0n) is 13.7. The topological polar surface area (TPSA) is 67.9 Å². The highest BCUT2D eigenvalue weighted by molar-refractivity contribution is 5.88. The summed E-state index contributed by atoms with van der Waals surface area (Å²) < 4.78 is 0. The van der Waals surface area contributed by atoms with Gasteiger partial charge in [-0.05, 0) is 30.2 Å². The molecule has 1 aromatic carbocycles. The maximum absolute atomic E-state index is 5.97. The maximum Gasteiger partial charge on any atom is 0.165 e. The Morgan fingerprint density at radius 3 is 2.48 bits per heavy atom. The number of benzene rings is 1. The minimum absolute atomic E-state index is 0.481. The lowest BCUT2D eigenvalue weighted by atomic mass is 10.0. The number of hydrogen-bond acceptors (Lipinski definition) is 5. The van der Waals surface area contributed by atoms with E-state index in [0.29, 0.717) is 11.5 Å². The van der Waals surface area contributed by atoms with E-state index in [2.05, 4.69) is 52.1 Å². The van der Waals surface area contributed by atoms with Crippen molar-refractivity contribution in [3.05, 3.63) is 42.2 Å². The monoisotopic (exact) mass is 307 g/mol. The van der Waals surface area contributed by atoms with Crippen molar-refractivity contribution in [2.75, 3.05) is 24.7 Å². The van der Waals surface area contributed by atoms with Gasteiger partial charge < -0.3 is 10.6 Å². The minimum Gasteiger partial charge on any atom is -0.383 e. The molecule has 0 aliphatic rings. The Labute approximate surface area is 136 Å². The molecule has 0 atom stereocenters. The van der Waals surface area contributed by atoms with Gasteiger partial charge in [-0.15, -0.1) is 0 Å². The smallest absolute Gasteiger partial charge is 0.165 e. The normalized spacial score (nSPS) is 10.9. The molecule has 0 radical (unpaired) electrons. The first kappa shape index (κ1) is 15.2. The van der Waals surface area contributed by atoms with Crippen LogP contribution in [-0.4, -0.2) is 29.0 Å². The highest BCUT2D eigenvalue weighted by Crippen LogP contribution is 2.28. The zero-order chi connectivity index (χ0) is 16.4. The summed E-state index contributed by atoms with van der Waals surface area (Å²) in [5, 5.41) is 0.824. The molecule has 2 heterocycles. The molecule has 5 nitrogen and oxygen atoms in total. The molecular formula is C18H21N5. The SMILES string of the molecule is CCCc1cc2c(N)ncnc2nc1-c1ccc(N(C)C)cc1. The molecule has 0 unspecified atom stereocenters. The van der Waals surface area contributed by atoms with Gasteiger partial charge in [0.05, 0.1) is 11.1 Å². The average molecular weight is 307 g/mol. The standard InChI is InChI=1S/C18H21N5/c1-4-5-13-10-15-17(19)20-11-21-18(15)22-16(13)12-6-8-14(9-7-12)23(2)3/h6-11H,4-5H2,1-3H3,(H2,19,20,21,22). The van der Waals surface area contributed by atoms with Crippen molar-refractivity contribution >= 4 is 22.5 Å². The summed E-state index contributed by atoms with van der Waals surface area (Å²) in [4.78, 5) is 15.2. The summed E-state index contributed by atoms with van der Waals surface area (Å²) in [6, 6.07) is 10.5. The maximum atomic E-state index is 5.97. The summed E-state index contributed by atoms with van der Waals surface area (Å²) >= 11 is 0. The zero-order valence-corrected chi connectivity index (χ0v) is 13.7. The van der Waals surface area contributed by atoms with Gasteiger partial charge in [-0.25, -0.2) is 15.0 Å². The fraction of sp³-hybridized carbons (Fsp3) is 0.278. The second kappa shape index (κ2) is 6.20. The molecule has 2 aromatic heterocycles. The van der Waals surface area contributed by atoms with Gasteiger partial charge in [0.15, 0.2) is 5.65 Å². The van der Waals surface area contributed by atoms with Crippen LogP contribution in [0.4, 0.5) is 11.5 Å². The largest absolute Gasteiger partial charge is 0.383 e. The van der Waals surface area contributed by atoms with Crippen LogP contribution in [0.5, 0.6) is 0 Å². The number of hydrogen-bond donors (Lipinski definition) is 1. The van der Waals surface area contributed by atoms with Gasteiger partial charge >= 0.3 is 0 Å². The van der Waals surface area contributed by atoms with Crippen molar-refractivity contribution in [2.24, 2.45) is 0 Å². The van der Waals surface area contributed by atoms with E-state index in [-0.39, 0.29) is 0 Å². The van der Waals surface area contributed by atoms with Gasteiger partial charge in [-0.3, -0.25) is 0 Å². The highest BCUT2D eigenvalue weighted by Gasteiger charge is 2.12. The van der Waals surface area contributed by atoms with Gasteiger partial charge in [-0.1, -0.05) is 25.5 Å². The average Bonchev–Trinajstić information content (AvgIpc) is 2.55. The third kappa shape index (κ3) is 2.95. The lowest BCUT2D eigenvalue weighted by Gasteiger charge is -2.14. The predicted molar refractivity (Wildman–Crippen MR) is 95.5 cm³/mol. The number of aromatic nitrogens is 3. The van der Waals surface area contributed by atoms with Gasteiger partial charge in [0.1, 0.15) is 12.1 Å². The number of nitrogens with zero attached hydrogens (tertiary/aromatic N) is 4. The molecule has 118 valence electrons. The molecular weight excluding hydrogens is 286 g/mol. The molecule has 0 saturated carbocycles. The first-order chi connectivity index (χ1) is 11.1. The van der Waals surface area contributed by atoms with E-state index < -0.39 is 0 Å². The predicted octanol–water partition coefficient (Wildman–Crippen LogP) is 3.29. The van der Waals surface area contributed by atoms with E-state index in [1.165, 1.54) is 11.9 Å². The van der Waals surface area contributed by atoms with Crippen molar-refractivity contribution in [3.63, 3.8) is 0 Å². The van der Waals surface area contributed by atoms with Crippen LogP contribution >= 0.6 is 0 Å². The Balaban J connectivity index is 2.16. The molecule has 0 aliphatic carbocycles. The molecule has 0 saturated heterocycles.